The van der Waals surface area contributed by atoms with E-state index in [1.807, 2.05) is 61.5 Å². The van der Waals surface area contributed by atoms with E-state index in [1.165, 1.54) is 4.90 Å². The van der Waals surface area contributed by atoms with Crippen LogP contribution in [0.15, 0.2) is 54.6 Å². The monoisotopic (exact) mass is 318 g/mol. The molecule has 0 aliphatic carbocycles. The van der Waals surface area contributed by atoms with Gasteiger partial charge in [0.2, 0.25) is 11.8 Å². The average Bonchev–Trinajstić information content (AvgIpc) is 3.12. The third-order valence-electron chi connectivity index (χ3n) is 4.72. The number of H-pyrrole nitrogens is 1. The number of nitrogens with zero attached hydrogens (tertiary/aromatic N) is 1. The third kappa shape index (κ3) is 2.14. The Morgan fingerprint density at radius 3 is 2.46 bits per heavy atom. The lowest BCUT2D eigenvalue weighted by molar-refractivity contribution is -0.138. The zero-order chi connectivity index (χ0) is 16.7. The molecule has 1 N–H and O–H groups in total. The molecule has 0 saturated carbocycles. The second kappa shape index (κ2) is 5.64. The van der Waals surface area contributed by atoms with Crippen LogP contribution in [0.4, 0.5) is 0 Å². The number of nitrogens with one attached hydrogen (secondary N) is 1. The Balaban J connectivity index is 1.94. The van der Waals surface area contributed by atoms with Crippen LogP contribution in [0.3, 0.4) is 0 Å². The van der Waals surface area contributed by atoms with E-state index in [4.69, 9.17) is 0 Å². The van der Waals surface area contributed by atoms with E-state index in [2.05, 4.69) is 4.98 Å². The van der Waals surface area contributed by atoms with E-state index in [9.17, 15) is 9.59 Å². The Labute approximate surface area is 140 Å². The number of fused-ring (bicyclic) bond motifs is 1. The van der Waals surface area contributed by atoms with Gasteiger partial charge in [-0.3, -0.25) is 14.5 Å². The average molecular weight is 318 g/mol. The van der Waals surface area contributed by atoms with Crippen LogP contribution in [0.2, 0.25) is 0 Å². The number of hydrogen-bond donors (Lipinski definition) is 1. The predicted molar refractivity (Wildman–Crippen MR) is 93.5 cm³/mol. The maximum Gasteiger partial charge on any atom is 0.237 e. The number of carbonyl (C=O) groups is 2. The molecule has 24 heavy (non-hydrogen) atoms. The first kappa shape index (κ1) is 14.7. The number of likely N-dealkylation sites (N-methyl/N-ethyl adjacent to an activating group) is 1. The van der Waals surface area contributed by atoms with E-state index in [0.717, 1.165) is 27.7 Å². The molecule has 3 aromatic rings. The Morgan fingerprint density at radius 2 is 1.75 bits per heavy atom. The van der Waals surface area contributed by atoms with E-state index in [1.54, 1.807) is 0 Å². The number of benzene rings is 2. The lowest BCUT2D eigenvalue weighted by Crippen LogP contribution is -2.29. The lowest BCUT2D eigenvalue weighted by atomic mass is 9.92. The molecule has 1 aromatic heterocycles. The Bertz CT molecular complexity index is 927. The van der Waals surface area contributed by atoms with E-state index in [-0.39, 0.29) is 18.2 Å². The van der Waals surface area contributed by atoms with Gasteiger partial charge in [0.1, 0.15) is 0 Å². The number of imide groups is 1. The van der Waals surface area contributed by atoms with E-state index < -0.39 is 5.92 Å². The highest BCUT2D eigenvalue weighted by Crippen LogP contribution is 2.40. The predicted octanol–water partition coefficient (Wildman–Crippen LogP) is 3.70. The first-order chi connectivity index (χ1) is 11.7. The molecular formula is C20H18N2O2. The van der Waals surface area contributed by atoms with Crippen LogP contribution >= 0.6 is 0 Å². The summed E-state index contributed by atoms with van der Waals surface area (Å²) in [6, 6.07) is 17.9. The quantitative estimate of drug-likeness (QED) is 0.749. The molecular weight excluding hydrogens is 300 g/mol. The van der Waals surface area contributed by atoms with Gasteiger partial charge in [-0.15, -0.1) is 0 Å². The van der Waals surface area contributed by atoms with Gasteiger partial charge in [-0.25, -0.2) is 0 Å². The van der Waals surface area contributed by atoms with Crippen LogP contribution in [0.5, 0.6) is 0 Å². The van der Waals surface area contributed by atoms with Gasteiger partial charge < -0.3 is 4.98 Å². The van der Waals surface area contributed by atoms with Crippen LogP contribution in [0.25, 0.3) is 22.2 Å². The molecule has 0 bridgehead atoms. The highest BCUT2D eigenvalue weighted by Gasteiger charge is 2.40. The fraction of sp³-hybridized carbons (Fsp3) is 0.200. The number of hydrogen-bond acceptors (Lipinski definition) is 2. The summed E-state index contributed by atoms with van der Waals surface area (Å²) in [4.78, 5) is 29.8. The summed E-state index contributed by atoms with van der Waals surface area (Å²) in [6.07, 6.45) is 0.244. The number of likely N-dealkylation sites (tertiary alicyclic amines) is 1. The molecule has 1 atom stereocenters. The van der Waals surface area contributed by atoms with Gasteiger partial charge in [0.25, 0.3) is 0 Å². The second-order valence-electron chi connectivity index (χ2n) is 6.06. The molecule has 1 unspecified atom stereocenters. The summed E-state index contributed by atoms with van der Waals surface area (Å²) in [7, 11) is 0. The van der Waals surface area contributed by atoms with Gasteiger partial charge in [-0.2, -0.15) is 0 Å². The summed E-state index contributed by atoms with van der Waals surface area (Å²) in [6.45, 7) is 2.27. The Kier molecular flexibility index (Phi) is 3.45. The first-order valence-corrected chi connectivity index (χ1v) is 8.21. The zero-order valence-electron chi connectivity index (χ0n) is 13.5. The maximum atomic E-state index is 12.8. The summed E-state index contributed by atoms with van der Waals surface area (Å²) in [5.41, 5.74) is 3.88. The lowest BCUT2D eigenvalue weighted by Gasteiger charge is -2.13. The zero-order valence-corrected chi connectivity index (χ0v) is 13.5. The van der Waals surface area contributed by atoms with Crippen molar-refractivity contribution in [1.29, 1.82) is 0 Å². The fourth-order valence-corrected chi connectivity index (χ4v) is 3.60. The number of aromatic amines is 1. The second-order valence-corrected chi connectivity index (χ2v) is 6.06. The highest BCUT2D eigenvalue weighted by atomic mass is 16.2. The number of para-hydroxylation sites is 1. The van der Waals surface area contributed by atoms with Crippen molar-refractivity contribution in [3.8, 4) is 11.3 Å². The van der Waals surface area contributed by atoms with Crippen molar-refractivity contribution in [2.45, 2.75) is 19.3 Å². The van der Waals surface area contributed by atoms with Crippen molar-refractivity contribution in [1.82, 2.24) is 9.88 Å². The number of rotatable bonds is 3. The summed E-state index contributed by atoms with van der Waals surface area (Å²) >= 11 is 0. The topological polar surface area (TPSA) is 53.2 Å². The van der Waals surface area contributed by atoms with Gasteiger partial charge in [0, 0.05) is 23.9 Å². The molecule has 4 heteroatoms. The van der Waals surface area contributed by atoms with Crippen LogP contribution in [0, 0.1) is 0 Å². The van der Waals surface area contributed by atoms with Crippen LogP contribution in [-0.2, 0) is 9.59 Å². The number of carbonyl (C=O) groups excluding carboxylic acids is 2. The van der Waals surface area contributed by atoms with Gasteiger partial charge in [-0.05, 0) is 24.1 Å². The molecule has 4 rings (SSSR count). The van der Waals surface area contributed by atoms with Crippen molar-refractivity contribution in [3.63, 3.8) is 0 Å². The third-order valence-corrected chi connectivity index (χ3v) is 4.72. The summed E-state index contributed by atoms with van der Waals surface area (Å²) in [5, 5.41) is 1.01. The number of amides is 2. The molecule has 0 spiro atoms. The molecule has 2 heterocycles. The normalized spacial score (nSPS) is 17.9. The Hall–Kier alpha value is -2.88. The molecule has 1 fully saturated rings. The number of aromatic nitrogens is 1. The molecule has 2 amide bonds. The Morgan fingerprint density at radius 1 is 1.04 bits per heavy atom. The van der Waals surface area contributed by atoms with Crippen molar-refractivity contribution >= 4 is 22.7 Å². The smallest absolute Gasteiger partial charge is 0.237 e. The van der Waals surface area contributed by atoms with Gasteiger partial charge in [-0.1, -0.05) is 48.5 Å². The van der Waals surface area contributed by atoms with Crippen molar-refractivity contribution in [2.24, 2.45) is 0 Å². The van der Waals surface area contributed by atoms with Gasteiger partial charge in [0.05, 0.1) is 11.6 Å². The van der Waals surface area contributed by atoms with Crippen LogP contribution in [0.1, 0.15) is 24.8 Å². The summed E-state index contributed by atoms with van der Waals surface area (Å²) < 4.78 is 0. The van der Waals surface area contributed by atoms with E-state index >= 15 is 0 Å². The molecule has 2 aromatic carbocycles. The van der Waals surface area contributed by atoms with Crippen molar-refractivity contribution in [2.75, 3.05) is 6.54 Å². The molecule has 0 radical (unpaired) electrons. The molecule has 4 nitrogen and oxygen atoms in total. The molecule has 120 valence electrons. The molecule has 1 aliphatic heterocycles. The maximum absolute atomic E-state index is 12.8. The van der Waals surface area contributed by atoms with Crippen LogP contribution in [-0.4, -0.2) is 28.2 Å². The minimum atomic E-state index is -0.413. The van der Waals surface area contributed by atoms with E-state index in [0.29, 0.717) is 6.54 Å². The minimum absolute atomic E-state index is 0.0863. The van der Waals surface area contributed by atoms with Crippen LogP contribution < -0.4 is 0 Å². The minimum Gasteiger partial charge on any atom is -0.354 e. The largest absolute Gasteiger partial charge is 0.354 e. The van der Waals surface area contributed by atoms with Gasteiger partial charge >= 0.3 is 0 Å². The van der Waals surface area contributed by atoms with Gasteiger partial charge in [0.15, 0.2) is 0 Å². The van der Waals surface area contributed by atoms with Crippen molar-refractivity contribution in [3.05, 3.63) is 60.2 Å². The first-order valence-electron chi connectivity index (χ1n) is 8.21. The van der Waals surface area contributed by atoms with Crippen molar-refractivity contribution < 1.29 is 9.59 Å². The SMILES string of the molecule is CCN1C(=O)CC(c2c(-c3ccccc3)[nH]c3ccccc23)C1=O. The molecule has 1 aliphatic rings. The fourth-order valence-electron chi connectivity index (χ4n) is 3.60. The molecule has 1 saturated heterocycles. The summed E-state index contributed by atoms with van der Waals surface area (Å²) in [5.74, 6) is -0.593. The highest BCUT2D eigenvalue weighted by molar-refractivity contribution is 6.09. The standard InChI is InChI=1S/C20H18N2O2/c1-2-22-17(23)12-15(20(22)24)18-14-10-6-7-11-16(14)21-19(18)13-8-4-3-5-9-13/h3-11,15,21H,2,12H2,1H3.